The van der Waals surface area contributed by atoms with E-state index in [1.807, 2.05) is 11.8 Å². The molecule has 1 aliphatic rings. The van der Waals surface area contributed by atoms with E-state index in [2.05, 4.69) is 5.32 Å². The van der Waals surface area contributed by atoms with Gasteiger partial charge in [0, 0.05) is 24.4 Å². The largest absolute Gasteiger partial charge is 0.466 e. The number of nitrogens with zero attached hydrogens (tertiary/aromatic N) is 2. The number of rotatable bonds is 4. The summed E-state index contributed by atoms with van der Waals surface area (Å²) in [6.45, 7) is 4.35. The summed E-state index contributed by atoms with van der Waals surface area (Å²) in [6.07, 6.45) is 0. The van der Waals surface area contributed by atoms with Gasteiger partial charge in [-0.25, -0.2) is 4.79 Å². The number of hydrogen-bond acceptors (Lipinski definition) is 5. The Kier molecular flexibility index (Phi) is 4.95. The number of esters is 1. The van der Waals surface area contributed by atoms with E-state index in [1.165, 1.54) is 19.2 Å². The fraction of sp³-hybridized carbons (Fsp3) is 0.333. The molecule has 0 amide bonds. The lowest BCUT2D eigenvalue weighted by Gasteiger charge is -2.36. The molecule has 1 heterocycles. The summed E-state index contributed by atoms with van der Waals surface area (Å²) < 4.78 is 4.89. The van der Waals surface area contributed by atoms with E-state index in [4.69, 9.17) is 17.0 Å². The quantitative estimate of drug-likeness (QED) is 0.391. The molecule has 1 aromatic rings. The highest BCUT2D eigenvalue weighted by Crippen LogP contribution is 2.31. The van der Waals surface area contributed by atoms with Crippen LogP contribution < -0.4 is 5.32 Å². The van der Waals surface area contributed by atoms with Crippen molar-refractivity contribution in [1.29, 1.82) is 0 Å². The van der Waals surface area contributed by atoms with Crippen LogP contribution in [0.4, 0.5) is 5.69 Å². The maximum absolute atomic E-state index is 12.2. The van der Waals surface area contributed by atoms with Crippen LogP contribution in [0.1, 0.15) is 25.5 Å². The van der Waals surface area contributed by atoms with Crippen LogP contribution in [0.5, 0.6) is 0 Å². The Morgan fingerprint density at radius 2 is 2.04 bits per heavy atom. The number of carbonyl (C=O) groups is 1. The summed E-state index contributed by atoms with van der Waals surface area (Å²) in [6, 6.07) is 5.51. The topological polar surface area (TPSA) is 84.7 Å². The number of allylic oxidation sites excluding steroid dienone is 1. The Morgan fingerprint density at radius 3 is 2.52 bits per heavy atom. The van der Waals surface area contributed by atoms with E-state index in [0.717, 1.165) is 0 Å². The molecule has 1 atom stereocenters. The fourth-order valence-electron chi connectivity index (χ4n) is 2.57. The van der Waals surface area contributed by atoms with Crippen molar-refractivity contribution in [2.75, 3.05) is 13.7 Å². The second-order valence-electron chi connectivity index (χ2n) is 4.97. The maximum atomic E-state index is 12.2. The fourth-order valence-corrected chi connectivity index (χ4v) is 2.96. The molecular weight excluding hydrogens is 318 g/mol. The highest BCUT2D eigenvalue weighted by molar-refractivity contribution is 7.80. The van der Waals surface area contributed by atoms with Crippen molar-refractivity contribution in [2.45, 2.75) is 19.9 Å². The van der Waals surface area contributed by atoms with Gasteiger partial charge in [-0.05, 0) is 43.8 Å². The number of nitro benzene ring substituents is 1. The van der Waals surface area contributed by atoms with Gasteiger partial charge < -0.3 is 15.0 Å². The molecule has 1 aromatic carbocycles. The average molecular weight is 335 g/mol. The van der Waals surface area contributed by atoms with Crippen molar-refractivity contribution in [3.05, 3.63) is 51.2 Å². The lowest BCUT2D eigenvalue weighted by atomic mass is 9.95. The Balaban J connectivity index is 2.50. The predicted octanol–water partition coefficient (Wildman–Crippen LogP) is 2.29. The van der Waals surface area contributed by atoms with Crippen molar-refractivity contribution in [2.24, 2.45) is 0 Å². The van der Waals surface area contributed by atoms with Crippen molar-refractivity contribution in [3.8, 4) is 0 Å². The number of nitrogens with one attached hydrogen (secondary N) is 1. The van der Waals surface area contributed by atoms with Gasteiger partial charge in [-0.3, -0.25) is 10.1 Å². The molecule has 0 spiro atoms. The summed E-state index contributed by atoms with van der Waals surface area (Å²) >= 11 is 5.34. The van der Waals surface area contributed by atoms with Crippen molar-refractivity contribution in [1.82, 2.24) is 10.2 Å². The molecule has 23 heavy (non-hydrogen) atoms. The number of non-ortho nitro benzene ring substituents is 1. The van der Waals surface area contributed by atoms with Gasteiger partial charge >= 0.3 is 5.97 Å². The zero-order valence-electron chi connectivity index (χ0n) is 13.0. The van der Waals surface area contributed by atoms with Crippen LogP contribution in [0.2, 0.25) is 0 Å². The molecule has 0 saturated heterocycles. The van der Waals surface area contributed by atoms with Gasteiger partial charge in [0.1, 0.15) is 0 Å². The number of hydrogen-bond donors (Lipinski definition) is 1. The minimum atomic E-state index is -0.501. The first-order valence-electron chi connectivity index (χ1n) is 7.02. The number of thiocarbonyl (C=S) groups is 1. The number of benzene rings is 1. The first-order chi connectivity index (χ1) is 10.9. The van der Waals surface area contributed by atoms with E-state index >= 15 is 0 Å². The molecule has 122 valence electrons. The minimum Gasteiger partial charge on any atom is -0.466 e. The summed E-state index contributed by atoms with van der Waals surface area (Å²) in [5.41, 5.74) is 1.85. The highest BCUT2D eigenvalue weighted by atomic mass is 32.1. The Bertz CT molecular complexity index is 684. The van der Waals surface area contributed by atoms with Crippen LogP contribution in [-0.2, 0) is 9.53 Å². The molecule has 0 unspecified atom stereocenters. The third-order valence-corrected chi connectivity index (χ3v) is 4.09. The van der Waals surface area contributed by atoms with E-state index in [9.17, 15) is 14.9 Å². The molecule has 7 nitrogen and oxygen atoms in total. The first-order valence-corrected chi connectivity index (χ1v) is 7.43. The van der Waals surface area contributed by atoms with Gasteiger partial charge in [-0.15, -0.1) is 0 Å². The molecule has 8 heteroatoms. The molecule has 0 radical (unpaired) electrons. The maximum Gasteiger partial charge on any atom is 0.337 e. The monoisotopic (exact) mass is 335 g/mol. The van der Waals surface area contributed by atoms with Gasteiger partial charge in [0.25, 0.3) is 5.69 Å². The van der Waals surface area contributed by atoms with Crippen LogP contribution in [-0.4, -0.2) is 34.6 Å². The first kappa shape index (κ1) is 16.9. The summed E-state index contributed by atoms with van der Waals surface area (Å²) in [4.78, 5) is 24.3. The third kappa shape index (κ3) is 3.16. The van der Waals surface area contributed by atoms with Gasteiger partial charge in [-0.1, -0.05) is 0 Å². The van der Waals surface area contributed by atoms with E-state index in [1.54, 1.807) is 19.1 Å². The predicted molar refractivity (Wildman–Crippen MR) is 88.7 cm³/mol. The second kappa shape index (κ2) is 6.74. The molecule has 0 fully saturated rings. The SMILES string of the molecule is CCN1C(=S)N[C@@H](c2ccc([N+](=O)[O-])cc2)C(C(=O)OC)=C1C. The van der Waals surface area contributed by atoms with Crippen molar-refractivity contribution >= 4 is 29.0 Å². The zero-order valence-corrected chi connectivity index (χ0v) is 13.8. The minimum absolute atomic E-state index is 0.0114. The summed E-state index contributed by atoms with van der Waals surface area (Å²) in [5.74, 6) is -0.459. The van der Waals surface area contributed by atoms with Crippen molar-refractivity contribution in [3.63, 3.8) is 0 Å². The second-order valence-corrected chi connectivity index (χ2v) is 5.35. The lowest BCUT2D eigenvalue weighted by molar-refractivity contribution is -0.384. The molecule has 0 bridgehead atoms. The van der Waals surface area contributed by atoms with Crippen molar-refractivity contribution < 1.29 is 14.5 Å². The molecule has 0 aliphatic carbocycles. The number of ether oxygens (including phenoxy) is 1. The van der Waals surface area contributed by atoms with Gasteiger partial charge in [0.05, 0.1) is 23.6 Å². The lowest BCUT2D eigenvalue weighted by Crippen LogP contribution is -2.47. The smallest absolute Gasteiger partial charge is 0.337 e. The molecule has 1 aliphatic heterocycles. The zero-order chi connectivity index (χ0) is 17.1. The molecule has 1 N–H and O–H groups in total. The Morgan fingerprint density at radius 1 is 1.43 bits per heavy atom. The number of methoxy groups -OCH3 is 1. The number of nitro groups is 1. The third-order valence-electron chi connectivity index (χ3n) is 3.76. The Hall–Kier alpha value is -2.48. The summed E-state index contributed by atoms with van der Waals surface area (Å²) in [5, 5.41) is 14.4. The van der Waals surface area contributed by atoms with Crippen LogP contribution in [0.25, 0.3) is 0 Å². The summed E-state index contributed by atoms with van der Waals surface area (Å²) in [7, 11) is 1.32. The number of carbonyl (C=O) groups excluding carboxylic acids is 1. The van der Waals surface area contributed by atoms with E-state index in [-0.39, 0.29) is 5.69 Å². The normalized spacial score (nSPS) is 17.8. The molecular formula is C15H17N3O4S. The van der Waals surface area contributed by atoms with Gasteiger partial charge in [0.15, 0.2) is 5.11 Å². The Labute approximate surface area is 139 Å². The van der Waals surface area contributed by atoms with Crippen LogP contribution in [0.15, 0.2) is 35.5 Å². The standard InChI is InChI=1S/C15H17N3O4S/c1-4-17-9(2)12(14(19)22-3)13(16-15(17)23)10-5-7-11(8-6-10)18(20)21/h5-8,13H,4H2,1-3H3,(H,16,23)/t13-/m0/s1. The van der Waals surface area contributed by atoms with E-state index in [0.29, 0.717) is 28.5 Å². The van der Waals surface area contributed by atoms with Gasteiger partial charge in [-0.2, -0.15) is 0 Å². The van der Waals surface area contributed by atoms with E-state index < -0.39 is 16.9 Å². The average Bonchev–Trinajstić information content (AvgIpc) is 2.54. The molecule has 0 saturated carbocycles. The van der Waals surface area contributed by atoms with Crippen LogP contribution in [0.3, 0.4) is 0 Å². The van der Waals surface area contributed by atoms with Gasteiger partial charge in [0.2, 0.25) is 0 Å². The highest BCUT2D eigenvalue weighted by Gasteiger charge is 2.34. The molecule has 2 rings (SSSR count). The van der Waals surface area contributed by atoms with Crippen LogP contribution in [0, 0.1) is 10.1 Å². The van der Waals surface area contributed by atoms with Crippen LogP contribution >= 0.6 is 12.2 Å². The molecule has 0 aromatic heterocycles.